The molecule has 28 heavy (non-hydrogen) atoms. The molecule has 0 bridgehead atoms. The third-order valence-electron chi connectivity index (χ3n) is 5.31. The van der Waals surface area contributed by atoms with Crippen molar-refractivity contribution in [2.75, 3.05) is 0 Å². The van der Waals surface area contributed by atoms with Crippen molar-refractivity contribution >= 4 is 0 Å². The van der Waals surface area contributed by atoms with Gasteiger partial charge in [-0.05, 0) is 40.8 Å². The van der Waals surface area contributed by atoms with Gasteiger partial charge in [0.15, 0.2) is 11.5 Å². The Labute approximate surface area is 165 Å². The summed E-state index contributed by atoms with van der Waals surface area (Å²) >= 11 is 0. The van der Waals surface area contributed by atoms with Gasteiger partial charge >= 0.3 is 0 Å². The summed E-state index contributed by atoms with van der Waals surface area (Å²) in [5.41, 5.74) is 3.90. The molecule has 138 valence electrons. The van der Waals surface area contributed by atoms with Crippen LogP contribution in [0.5, 0.6) is 11.5 Å². The molecule has 0 atom stereocenters. The van der Waals surface area contributed by atoms with Crippen LogP contribution in [-0.4, -0.2) is 10.2 Å². The summed E-state index contributed by atoms with van der Waals surface area (Å²) in [6.07, 6.45) is 0.728. The maximum atomic E-state index is 10.3. The lowest BCUT2D eigenvalue weighted by molar-refractivity contribution is 0.402. The first-order valence-corrected chi connectivity index (χ1v) is 9.37. The van der Waals surface area contributed by atoms with Crippen LogP contribution >= 0.6 is 0 Å². The fourth-order valence-corrected chi connectivity index (χ4v) is 3.94. The van der Waals surface area contributed by atoms with E-state index in [1.165, 1.54) is 5.56 Å². The number of benzene rings is 4. The third kappa shape index (κ3) is 3.25. The van der Waals surface area contributed by atoms with Gasteiger partial charge in [0, 0.05) is 5.41 Å². The smallest absolute Gasteiger partial charge is 0.157 e. The van der Waals surface area contributed by atoms with Crippen molar-refractivity contribution in [2.45, 2.75) is 11.8 Å². The van der Waals surface area contributed by atoms with Crippen molar-refractivity contribution in [1.82, 2.24) is 0 Å². The first-order chi connectivity index (χ1) is 13.7. The Hall–Kier alpha value is -3.52. The number of phenols is 2. The van der Waals surface area contributed by atoms with Crippen molar-refractivity contribution in [3.63, 3.8) is 0 Å². The number of phenolic OH excluding ortho intramolecular Hbond substituents is 2. The van der Waals surface area contributed by atoms with Crippen LogP contribution in [0.1, 0.15) is 22.3 Å². The molecule has 0 saturated heterocycles. The topological polar surface area (TPSA) is 40.5 Å². The molecule has 0 heterocycles. The zero-order valence-electron chi connectivity index (χ0n) is 15.5. The Bertz CT molecular complexity index is 1000. The highest BCUT2D eigenvalue weighted by molar-refractivity contribution is 5.55. The summed E-state index contributed by atoms with van der Waals surface area (Å²) < 4.78 is 0. The van der Waals surface area contributed by atoms with Gasteiger partial charge in [0.1, 0.15) is 0 Å². The number of hydrogen-bond donors (Lipinski definition) is 2. The van der Waals surface area contributed by atoms with Crippen LogP contribution in [0.15, 0.2) is 109 Å². The van der Waals surface area contributed by atoms with E-state index in [0.29, 0.717) is 0 Å². The minimum Gasteiger partial charge on any atom is -0.504 e. The van der Waals surface area contributed by atoms with Gasteiger partial charge in [0.25, 0.3) is 0 Å². The summed E-state index contributed by atoms with van der Waals surface area (Å²) in [6, 6.07) is 36.2. The average Bonchev–Trinajstić information content (AvgIpc) is 2.76. The number of aromatic hydroxyl groups is 2. The fraction of sp³-hybridized carbons (Fsp3) is 0.0769. The standard InChI is InChI=1S/C26H22O2/c27-24-17-16-23(18-25(24)28)26(21-12-6-2-7-13-21,22-14-8-3-9-15-22)19-20-10-4-1-5-11-20/h1-18,27-28H,19H2. The molecular formula is C26H22O2. The molecule has 0 unspecified atom stereocenters. The normalized spacial score (nSPS) is 11.3. The predicted octanol–water partition coefficient (Wildman–Crippen LogP) is 5.67. The van der Waals surface area contributed by atoms with Crippen LogP contribution in [0, 0.1) is 0 Å². The van der Waals surface area contributed by atoms with Gasteiger partial charge < -0.3 is 10.2 Å². The molecule has 0 aliphatic heterocycles. The second-order valence-corrected chi connectivity index (χ2v) is 7.00. The van der Waals surface area contributed by atoms with Crippen molar-refractivity contribution < 1.29 is 10.2 Å². The van der Waals surface area contributed by atoms with E-state index >= 15 is 0 Å². The molecule has 0 aromatic heterocycles. The third-order valence-corrected chi connectivity index (χ3v) is 5.31. The minimum absolute atomic E-state index is 0.109. The van der Waals surface area contributed by atoms with E-state index in [9.17, 15) is 10.2 Å². The highest BCUT2D eigenvalue weighted by atomic mass is 16.3. The molecule has 4 aromatic rings. The summed E-state index contributed by atoms with van der Waals surface area (Å²) in [5, 5.41) is 20.2. The average molecular weight is 366 g/mol. The quantitative estimate of drug-likeness (QED) is 0.353. The number of hydrogen-bond acceptors (Lipinski definition) is 2. The van der Waals surface area contributed by atoms with Crippen LogP contribution in [0.3, 0.4) is 0 Å². The van der Waals surface area contributed by atoms with Crippen molar-refractivity contribution in [2.24, 2.45) is 0 Å². The Morgan fingerprint density at radius 1 is 0.500 bits per heavy atom. The molecule has 0 spiro atoms. The molecule has 4 rings (SSSR count). The Kier molecular flexibility index (Phi) is 4.86. The van der Waals surface area contributed by atoms with Crippen LogP contribution in [0.4, 0.5) is 0 Å². The summed E-state index contributed by atoms with van der Waals surface area (Å²) in [7, 11) is 0. The molecule has 0 saturated carbocycles. The van der Waals surface area contributed by atoms with Crippen molar-refractivity contribution in [1.29, 1.82) is 0 Å². The molecule has 0 amide bonds. The van der Waals surface area contributed by atoms with Gasteiger partial charge in [-0.25, -0.2) is 0 Å². The maximum absolute atomic E-state index is 10.3. The van der Waals surface area contributed by atoms with Crippen LogP contribution < -0.4 is 0 Å². The monoisotopic (exact) mass is 366 g/mol. The molecule has 2 heteroatoms. The molecule has 4 aromatic carbocycles. The minimum atomic E-state index is -0.505. The Morgan fingerprint density at radius 3 is 1.50 bits per heavy atom. The maximum Gasteiger partial charge on any atom is 0.157 e. The highest BCUT2D eigenvalue weighted by Crippen LogP contribution is 2.44. The van der Waals surface area contributed by atoms with E-state index in [1.807, 2.05) is 60.7 Å². The van der Waals surface area contributed by atoms with Gasteiger partial charge in [-0.3, -0.25) is 0 Å². The molecule has 0 aliphatic rings. The predicted molar refractivity (Wildman–Crippen MR) is 113 cm³/mol. The largest absolute Gasteiger partial charge is 0.504 e. The second kappa shape index (κ2) is 7.61. The molecule has 2 nitrogen and oxygen atoms in total. The second-order valence-electron chi connectivity index (χ2n) is 7.00. The lowest BCUT2D eigenvalue weighted by atomic mass is 9.66. The molecule has 0 fully saturated rings. The number of rotatable bonds is 5. The van der Waals surface area contributed by atoms with Gasteiger partial charge in [-0.15, -0.1) is 0 Å². The lowest BCUT2D eigenvalue weighted by Gasteiger charge is -2.36. The fourth-order valence-electron chi connectivity index (χ4n) is 3.94. The highest BCUT2D eigenvalue weighted by Gasteiger charge is 2.37. The summed E-state index contributed by atoms with van der Waals surface area (Å²) in [6.45, 7) is 0. The van der Waals surface area contributed by atoms with Gasteiger partial charge in [-0.2, -0.15) is 0 Å². The first kappa shape index (κ1) is 17.9. The van der Waals surface area contributed by atoms with E-state index in [0.717, 1.165) is 23.1 Å². The van der Waals surface area contributed by atoms with Gasteiger partial charge in [-0.1, -0.05) is 97.1 Å². The molecule has 0 radical (unpaired) electrons. The van der Waals surface area contributed by atoms with Crippen LogP contribution in [0.25, 0.3) is 0 Å². The first-order valence-electron chi connectivity index (χ1n) is 9.37. The summed E-state index contributed by atoms with van der Waals surface area (Å²) in [5.74, 6) is -0.222. The SMILES string of the molecule is Oc1ccc(C(Cc2ccccc2)(c2ccccc2)c2ccccc2)cc1O. The van der Waals surface area contributed by atoms with E-state index < -0.39 is 5.41 Å². The van der Waals surface area contributed by atoms with Gasteiger partial charge in [0.05, 0.1) is 0 Å². The van der Waals surface area contributed by atoms with Gasteiger partial charge in [0.2, 0.25) is 0 Å². The van der Waals surface area contributed by atoms with E-state index in [4.69, 9.17) is 0 Å². The van der Waals surface area contributed by atoms with Crippen LogP contribution in [-0.2, 0) is 11.8 Å². The zero-order valence-corrected chi connectivity index (χ0v) is 15.5. The Balaban J connectivity index is 2.03. The van der Waals surface area contributed by atoms with E-state index in [2.05, 4.69) is 36.4 Å². The van der Waals surface area contributed by atoms with E-state index in [1.54, 1.807) is 12.1 Å². The Morgan fingerprint density at radius 2 is 1.00 bits per heavy atom. The molecule has 2 N–H and O–H groups in total. The van der Waals surface area contributed by atoms with E-state index in [-0.39, 0.29) is 11.5 Å². The summed E-state index contributed by atoms with van der Waals surface area (Å²) in [4.78, 5) is 0. The zero-order chi connectivity index (χ0) is 19.4. The lowest BCUT2D eigenvalue weighted by Crippen LogP contribution is -2.32. The molecular weight excluding hydrogens is 344 g/mol. The van der Waals surface area contributed by atoms with Crippen molar-refractivity contribution in [3.05, 3.63) is 131 Å². The molecule has 0 aliphatic carbocycles. The van der Waals surface area contributed by atoms with Crippen molar-refractivity contribution in [3.8, 4) is 11.5 Å². The van der Waals surface area contributed by atoms with Crippen LogP contribution in [0.2, 0.25) is 0 Å².